The van der Waals surface area contributed by atoms with E-state index in [0.29, 0.717) is 12.6 Å². The van der Waals surface area contributed by atoms with Gasteiger partial charge in [0.1, 0.15) is 12.6 Å². The molecule has 3 heteroatoms. The number of nitrogens with zero attached hydrogens (tertiary/aromatic N) is 1. The maximum atomic E-state index is 5.78. The van der Waals surface area contributed by atoms with Gasteiger partial charge in [0.25, 0.3) is 0 Å². The molecule has 2 N–H and O–H groups in total. The van der Waals surface area contributed by atoms with Gasteiger partial charge in [-0.3, -0.25) is 0 Å². The second kappa shape index (κ2) is 7.01. The molecule has 0 heterocycles. The Morgan fingerprint density at radius 2 is 2.07 bits per heavy atom. The van der Waals surface area contributed by atoms with Crippen LogP contribution in [0.15, 0.2) is 35.3 Å². The predicted molar refractivity (Wildman–Crippen MR) is 62.9 cm³/mol. The summed E-state index contributed by atoms with van der Waals surface area (Å²) in [6.45, 7) is 3.23. The van der Waals surface area contributed by atoms with Crippen molar-refractivity contribution in [1.29, 1.82) is 0 Å². The molecule has 15 heavy (non-hydrogen) atoms. The van der Waals surface area contributed by atoms with Crippen LogP contribution in [-0.2, 0) is 4.74 Å². The van der Waals surface area contributed by atoms with Crippen LogP contribution in [0.3, 0.4) is 0 Å². The molecule has 0 aliphatic rings. The minimum atomic E-state index is 0.348. The fraction of sp³-hybridized carbons (Fsp3) is 0.417. The van der Waals surface area contributed by atoms with Crippen LogP contribution in [0.2, 0.25) is 0 Å². The van der Waals surface area contributed by atoms with E-state index in [0.717, 1.165) is 25.0 Å². The maximum absolute atomic E-state index is 5.78. The lowest BCUT2D eigenvalue weighted by molar-refractivity contribution is 0.139. The van der Waals surface area contributed by atoms with E-state index < -0.39 is 0 Å². The number of unbranched alkanes of at least 4 members (excludes halogenated alkanes) is 1. The van der Waals surface area contributed by atoms with Gasteiger partial charge < -0.3 is 10.5 Å². The highest BCUT2D eigenvalue weighted by Gasteiger charge is 1.94. The monoisotopic (exact) mass is 206 g/mol. The third-order valence-electron chi connectivity index (χ3n) is 2.04. The molecule has 0 saturated heterocycles. The molecule has 0 amide bonds. The lowest BCUT2D eigenvalue weighted by Crippen LogP contribution is -2.14. The Hall–Kier alpha value is -1.35. The van der Waals surface area contributed by atoms with Crippen LogP contribution in [0.4, 0.5) is 0 Å². The molecule has 0 saturated carbocycles. The summed E-state index contributed by atoms with van der Waals surface area (Å²) >= 11 is 0. The predicted octanol–water partition coefficient (Wildman–Crippen LogP) is 2.17. The molecular formula is C12H18N2O. The molecule has 1 aromatic rings. The zero-order valence-corrected chi connectivity index (χ0v) is 9.15. The topological polar surface area (TPSA) is 47.6 Å². The van der Waals surface area contributed by atoms with Gasteiger partial charge >= 0.3 is 0 Å². The lowest BCUT2D eigenvalue weighted by atomic mass is 10.2. The molecule has 3 nitrogen and oxygen atoms in total. The molecule has 0 aromatic heterocycles. The second-order valence-corrected chi connectivity index (χ2v) is 3.30. The molecule has 0 aliphatic heterocycles. The average Bonchev–Trinajstić information content (AvgIpc) is 2.30. The summed E-state index contributed by atoms with van der Waals surface area (Å²) in [5.41, 5.74) is 6.72. The highest BCUT2D eigenvalue weighted by molar-refractivity contribution is 5.97. The largest absolute Gasteiger partial charge is 0.383 e. The molecule has 0 bridgehead atoms. The van der Waals surface area contributed by atoms with E-state index in [4.69, 9.17) is 10.5 Å². The third kappa shape index (κ3) is 4.61. The molecule has 0 unspecified atom stereocenters. The van der Waals surface area contributed by atoms with E-state index in [-0.39, 0.29) is 0 Å². The molecule has 0 spiro atoms. The van der Waals surface area contributed by atoms with Gasteiger partial charge in [-0.05, 0) is 6.42 Å². The van der Waals surface area contributed by atoms with E-state index in [1.807, 2.05) is 30.3 Å². The summed E-state index contributed by atoms with van der Waals surface area (Å²) in [5, 5.41) is 0. The van der Waals surface area contributed by atoms with E-state index in [2.05, 4.69) is 11.9 Å². The van der Waals surface area contributed by atoms with Crippen LogP contribution < -0.4 is 5.73 Å². The number of hydrogen-bond donors (Lipinski definition) is 1. The Bertz CT molecular complexity index is 296. The molecule has 0 aliphatic carbocycles. The van der Waals surface area contributed by atoms with Crippen LogP contribution >= 0.6 is 0 Å². The van der Waals surface area contributed by atoms with Gasteiger partial charge in [0.15, 0.2) is 0 Å². The zero-order chi connectivity index (χ0) is 10.9. The van der Waals surface area contributed by atoms with Crippen LogP contribution in [0.25, 0.3) is 0 Å². The fourth-order valence-electron chi connectivity index (χ4n) is 1.13. The Morgan fingerprint density at radius 3 is 2.73 bits per heavy atom. The first-order chi connectivity index (χ1) is 7.34. The van der Waals surface area contributed by atoms with Gasteiger partial charge in [-0.1, -0.05) is 43.7 Å². The third-order valence-corrected chi connectivity index (χ3v) is 2.04. The van der Waals surface area contributed by atoms with Gasteiger partial charge in [0.05, 0.1) is 0 Å². The van der Waals surface area contributed by atoms with Gasteiger partial charge in [0.2, 0.25) is 0 Å². The number of nitrogens with two attached hydrogens (primary N) is 1. The maximum Gasteiger partial charge on any atom is 0.139 e. The van der Waals surface area contributed by atoms with Crippen LogP contribution in [0.1, 0.15) is 25.3 Å². The van der Waals surface area contributed by atoms with Crippen molar-refractivity contribution in [2.75, 3.05) is 13.3 Å². The number of aliphatic imine (C=N–C) groups is 1. The highest BCUT2D eigenvalue weighted by Crippen LogP contribution is 1.97. The Kier molecular flexibility index (Phi) is 5.48. The van der Waals surface area contributed by atoms with Crippen molar-refractivity contribution in [2.45, 2.75) is 19.8 Å². The molecular weight excluding hydrogens is 188 g/mol. The standard InChI is InChI=1S/C12H18N2O/c1-2-3-9-15-10-14-12(13)11-7-5-4-6-8-11/h4-8H,2-3,9-10H2,1H3,(H2,13,14). The van der Waals surface area contributed by atoms with Crippen molar-refractivity contribution < 1.29 is 4.74 Å². The Balaban J connectivity index is 2.33. The number of ether oxygens (including phenoxy) is 1. The SMILES string of the molecule is CCCCOCN=C(N)c1ccccc1. The van der Waals surface area contributed by atoms with Crippen molar-refractivity contribution in [3.63, 3.8) is 0 Å². The summed E-state index contributed by atoms with van der Waals surface area (Å²) in [5.74, 6) is 0.534. The Labute approximate surface area is 91.0 Å². The number of rotatable bonds is 6. The molecule has 1 aromatic carbocycles. The van der Waals surface area contributed by atoms with Gasteiger partial charge in [0, 0.05) is 12.2 Å². The fourth-order valence-corrected chi connectivity index (χ4v) is 1.13. The number of benzene rings is 1. The first-order valence-electron chi connectivity index (χ1n) is 5.27. The van der Waals surface area contributed by atoms with Crippen LogP contribution in [0.5, 0.6) is 0 Å². The van der Waals surface area contributed by atoms with E-state index in [1.165, 1.54) is 0 Å². The van der Waals surface area contributed by atoms with Crippen molar-refractivity contribution in [3.05, 3.63) is 35.9 Å². The summed E-state index contributed by atoms with van der Waals surface area (Å²) in [6.07, 6.45) is 2.21. The van der Waals surface area contributed by atoms with Crippen molar-refractivity contribution in [1.82, 2.24) is 0 Å². The van der Waals surface area contributed by atoms with Gasteiger partial charge in [-0.25, -0.2) is 4.99 Å². The quantitative estimate of drug-likeness (QED) is 0.440. The first kappa shape index (κ1) is 11.7. The van der Waals surface area contributed by atoms with Crippen molar-refractivity contribution in [3.8, 4) is 0 Å². The lowest BCUT2D eigenvalue weighted by Gasteiger charge is -2.01. The minimum absolute atomic E-state index is 0.348. The van der Waals surface area contributed by atoms with E-state index in [9.17, 15) is 0 Å². The number of hydrogen-bond acceptors (Lipinski definition) is 2. The normalized spacial score (nSPS) is 11.7. The van der Waals surface area contributed by atoms with Crippen molar-refractivity contribution >= 4 is 5.84 Å². The highest BCUT2D eigenvalue weighted by atomic mass is 16.5. The van der Waals surface area contributed by atoms with Crippen LogP contribution in [0, 0.1) is 0 Å². The summed E-state index contributed by atoms with van der Waals surface area (Å²) in [7, 11) is 0. The number of amidine groups is 1. The Morgan fingerprint density at radius 1 is 1.33 bits per heavy atom. The van der Waals surface area contributed by atoms with E-state index in [1.54, 1.807) is 0 Å². The summed E-state index contributed by atoms with van der Waals surface area (Å²) < 4.78 is 5.30. The van der Waals surface area contributed by atoms with Gasteiger partial charge in [-0.2, -0.15) is 0 Å². The molecule has 82 valence electrons. The smallest absolute Gasteiger partial charge is 0.139 e. The second-order valence-electron chi connectivity index (χ2n) is 3.30. The summed E-state index contributed by atoms with van der Waals surface area (Å²) in [6, 6.07) is 9.70. The molecule has 0 radical (unpaired) electrons. The molecule has 0 fully saturated rings. The minimum Gasteiger partial charge on any atom is -0.383 e. The van der Waals surface area contributed by atoms with Gasteiger partial charge in [-0.15, -0.1) is 0 Å². The first-order valence-corrected chi connectivity index (χ1v) is 5.27. The van der Waals surface area contributed by atoms with E-state index >= 15 is 0 Å². The molecule has 1 rings (SSSR count). The average molecular weight is 206 g/mol. The summed E-state index contributed by atoms with van der Waals surface area (Å²) in [4.78, 5) is 4.14. The van der Waals surface area contributed by atoms with Crippen molar-refractivity contribution in [2.24, 2.45) is 10.7 Å². The molecule has 0 atom stereocenters. The van der Waals surface area contributed by atoms with Crippen LogP contribution in [-0.4, -0.2) is 19.2 Å². The zero-order valence-electron chi connectivity index (χ0n) is 9.15.